The molecule has 0 spiro atoms. The maximum atomic E-state index is 12.2. The minimum absolute atomic E-state index is 0.00870. The fraction of sp³-hybridized carbons (Fsp3) is 0.150. The average Bonchev–Trinajstić information content (AvgIpc) is 2.58. The van der Waals surface area contributed by atoms with Gasteiger partial charge >= 0.3 is 0 Å². The maximum Gasteiger partial charge on any atom is 0.234 e. The van der Waals surface area contributed by atoms with Crippen molar-refractivity contribution in [2.75, 3.05) is 11.1 Å². The van der Waals surface area contributed by atoms with Gasteiger partial charge in [0.2, 0.25) is 5.91 Å². The number of carbonyl (C=O) groups is 1. The molecular weight excluding hydrogens is 338 g/mol. The standard InChI is InChI=1S/C20H18ClNOS/c1-14-9-10-17(21)11-19(14)22-20(23)13-24-12-16-7-4-6-15-5-2-3-8-18(15)16/h2-11H,12-13H2,1H3,(H,22,23). The van der Waals surface area contributed by atoms with Crippen molar-refractivity contribution in [2.24, 2.45) is 0 Å². The zero-order valence-electron chi connectivity index (χ0n) is 13.4. The highest BCUT2D eigenvalue weighted by atomic mass is 35.5. The van der Waals surface area contributed by atoms with E-state index in [2.05, 4.69) is 35.6 Å². The fourth-order valence-electron chi connectivity index (χ4n) is 2.59. The lowest BCUT2D eigenvalue weighted by Crippen LogP contribution is -2.15. The number of fused-ring (bicyclic) bond motifs is 1. The first kappa shape index (κ1) is 16.9. The Balaban J connectivity index is 1.59. The van der Waals surface area contributed by atoms with E-state index in [1.54, 1.807) is 17.8 Å². The number of aryl methyl sites for hydroxylation is 1. The van der Waals surface area contributed by atoms with Gasteiger partial charge in [-0.05, 0) is 41.0 Å². The zero-order valence-corrected chi connectivity index (χ0v) is 15.0. The lowest BCUT2D eigenvalue weighted by atomic mass is 10.1. The summed E-state index contributed by atoms with van der Waals surface area (Å²) in [6.45, 7) is 1.95. The number of carbonyl (C=O) groups excluding carboxylic acids is 1. The number of anilines is 1. The summed E-state index contributed by atoms with van der Waals surface area (Å²) < 4.78 is 0. The van der Waals surface area contributed by atoms with Gasteiger partial charge in [-0.15, -0.1) is 11.8 Å². The lowest BCUT2D eigenvalue weighted by molar-refractivity contribution is -0.113. The zero-order chi connectivity index (χ0) is 16.9. The molecule has 0 atom stereocenters. The van der Waals surface area contributed by atoms with Gasteiger partial charge in [-0.2, -0.15) is 0 Å². The third-order valence-electron chi connectivity index (χ3n) is 3.84. The summed E-state index contributed by atoms with van der Waals surface area (Å²) in [5.74, 6) is 1.21. The van der Waals surface area contributed by atoms with Gasteiger partial charge in [0.1, 0.15) is 0 Å². The van der Waals surface area contributed by atoms with Gasteiger partial charge in [-0.25, -0.2) is 0 Å². The monoisotopic (exact) mass is 355 g/mol. The van der Waals surface area contributed by atoms with Crippen molar-refractivity contribution in [1.82, 2.24) is 0 Å². The van der Waals surface area contributed by atoms with Gasteiger partial charge < -0.3 is 5.32 Å². The molecule has 0 aliphatic rings. The second kappa shape index (κ2) is 7.73. The predicted octanol–water partition coefficient (Wildman–Crippen LogP) is 5.67. The first-order chi connectivity index (χ1) is 11.6. The molecule has 0 aliphatic heterocycles. The number of nitrogens with one attached hydrogen (secondary N) is 1. The Morgan fingerprint density at radius 2 is 1.88 bits per heavy atom. The van der Waals surface area contributed by atoms with Crippen LogP contribution >= 0.6 is 23.4 Å². The highest BCUT2D eigenvalue weighted by Gasteiger charge is 2.07. The Bertz CT molecular complexity index is 873. The molecule has 3 rings (SSSR count). The number of benzene rings is 3. The van der Waals surface area contributed by atoms with Crippen LogP contribution in [-0.4, -0.2) is 11.7 Å². The third kappa shape index (κ3) is 4.11. The van der Waals surface area contributed by atoms with Gasteiger partial charge in [0, 0.05) is 16.5 Å². The highest BCUT2D eigenvalue weighted by molar-refractivity contribution is 7.99. The molecule has 122 valence electrons. The van der Waals surface area contributed by atoms with Gasteiger partial charge in [-0.3, -0.25) is 4.79 Å². The van der Waals surface area contributed by atoms with E-state index in [1.165, 1.54) is 16.3 Å². The summed E-state index contributed by atoms with van der Waals surface area (Å²) in [4.78, 5) is 12.2. The summed E-state index contributed by atoms with van der Waals surface area (Å²) in [6.07, 6.45) is 0. The average molecular weight is 356 g/mol. The number of hydrogen-bond donors (Lipinski definition) is 1. The van der Waals surface area contributed by atoms with E-state index in [-0.39, 0.29) is 5.91 Å². The van der Waals surface area contributed by atoms with Crippen molar-refractivity contribution in [3.8, 4) is 0 Å². The smallest absolute Gasteiger partial charge is 0.234 e. The molecule has 0 heterocycles. The minimum atomic E-state index is -0.00870. The van der Waals surface area contributed by atoms with Crippen LogP contribution in [0.2, 0.25) is 5.02 Å². The second-order valence-corrected chi connectivity index (χ2v) is 7.06. The van der Waals surface area contributed by atoms with Crippen molar-refractivity contribution in [3.05, 3.63) is 76.8 Å². The van der Waals surface area contributed by atoms with Crippen LogP contribution < -0.4 is 5.32 Å². The molecule has 0 fully saturated rings. The molecule has 4 heteroatoms. The van der Waals surface area contributed by atoms with E-state index in [0.717, 1.165) is 17.0 Å². The van der Waals surface area contributed by atoms with Crippen molar-refractivity contribution in [2.45, 2.75) is 12.7 Å². The molecule has 1 N–H and O–H groups in total. The van der Waals surface area contributed by atoms with Gasteiger partial charge in [0.05, 0.1) is 5.75 Å². The van der Waals surface area contributed by atoms with Crippen LogP contribution in [0.15, 0.2) is 60.7 Å². The first-order valence-electron chi connectivity index (χ1n) is 7.74. The van der Waals surface area contributed by atoms with E-state index < -0.39 is 0 Å². The van der Waals surface area contributed by atoms with Gasteiger partial charge in [0.15, 0.2) is 0 Å². The Kier molecular flexibility index (Phi) is 5.44. The molecule has 3 aromatic carbocycles. The van der Waals surface area contributed by atoms with Crippen LogP contribution in [-0.2, 0) is 10.5 Å². The van der Waals surface area contributed by atoms with Crippen molar-refractivity contribution >= 4 is 45.7 Å². The van der Waals surface area contributed by atoms with Crippen LogP contribution in [0, 0.1) is 6.92 Å². The molecule has 24 heavy (non-hydrogen) atoms. The molecule has 0 bridgehead atoms. The number of halogens is 1. The van der Waals surface area contributed by atoms with Crippen LogP contribution in [0.5, 0.6) is 0 Å². The fourth-order valence-corrected chi connectivity index (χ4v) is 3.59. The molecule has 0 unspecified atom stereocenters. The Morgan fingerprint density at radius 1 is 1.08 bits per heavy atom. The predicted molar refractivity (Wildman–Crippen MR) is 105 cm³/mol. The SMILES string of the molecule is Cc1ccc(Cl)cc1NC(=O)CSCc1cccc2ccccc12. The number of amides is 1. The number of thioether (sulfide) groups is 1. The van der Waals surface area contributed by atoms with Crippen molar-refractivity contribution in [1.29, 1.82) is 0 Å². The van der Waals surface area contributed by atoms with Gasteiger partial charge in [-0.1, -0.05) is 60.1 Å². The first-order valence-corrected chi connectivity index (χ1v) is 9.27. The topological polar surface area (TPSA) is 29.1 Å². The highest BCUT2D eigenvalue weighted by Crippen LogP contribution is 2.24. The van der Waals surface area contributed by atoms with Crippen LogP contribution in [0.4, 0.5) is 5.69 Å². The Hall–Kier alpha value is -1.97. The third-order valence-corrected chi connectivity index (χ3v) is 5.06. The van der Waals surface area contributed by atoms with E-state index in [4.69, 9.17) is 11.6 Å². The second-order valence-electron chi connectivity index (χ2n) is 5.64. The molecule has 3 aromatic rings. The van der Waals surface area contributed by atoms with Crippen LogP contribution in [0.3, 0.4) is 0 Å². The molecule has 0 radical (unpaired) electrons. The van der Waals surface area contributed by atoms with E-state index in [1.807, 2.05) is 31.2 Å². The number of rotatable bonds is 5. The van der Waals surface area contributed by atoms with E-state index in [9.17, 15) is 4.79 Å². The normalized spacial score (nSPS) is 10.8. The van der Waals surface area contributed by atoms with Crippen molar-refractivity contribution < 1.29 is 4.79 Å². The van der Waals surface area contributed by atoms with Crippen LogP contribution in [0.1, 0.15) is 11.1 Å². The summed E-state index contributed by atoms with van der Waals surface area (Å²) in [6, 6.07) is 20.1. The quantitative estimate of drug-likeness (QED) is 0.638. The molecule has 1 amide bonds. The Morgan fingerprint density at radius 3 is 2.75 bits per heavy atom. The number of hydrogen-bond acceptors (Lipinski definition) is 2. The Labute approximate surface area is 151 Å². The summed E-state index contributed by atoms with van der Waals surface area (Å²) in [5, 5.41) is 6.03. The van der Waals surface area contributed by atoms with E-state index >= 15 is 0 Å². The summed E-state index contributed by atoms with van der Waals surface area (Å²) in [5.41, 5.74) is 3.04. The molecule has 0 saturated carbocycles. The lowest BCUT2D eigenvalue weighted by Gasteiger charge is -2.09. The minimum Gasteiger partial charge on any atom is -0.325 e. The molecule has 0 saturated heterocycles. The van der Waals surface area contributed by atoms with E-state index in [0.29, 0.717) is 10.8 Å². The van der Waals surface area contributed by atoms with Gasteiger partial charge in [0.25, 0.3) is 0 Å². The summed E-state index contributed by atoms with van der Waals surface area (Å²) in [7, 11) is 0. The molecule has 0 aromatic heterocycles. The van der Waals surface area contributed by atoms with Crippen LogP contribution in [0.25, 0.3) is 10.8 Å². The molecule has 0 aliphatic carbocycles. The largest absolute Gasteiger partial charge is 0.325 e. The maximum absolute atomic E-state index is 12.2. The van der Waals surface area contributed by atoms with Crippen molar-refractivity contribution in [3.63, 3.8) is 0 Å². The molecular formula is C20H18ClNOS. The molecule has 2 nitrogen and oxygen atoms in total. The summed E-state index contributed by atoms with van der Waals surface area (Å²) >= 11 is 7.60.